The number of hydrazone groups is 1. The van der Waals surface area contributed by atoms with Crippen molar-refractivity contribution in [3.8, 4) is 0 Å². The monoisotopic (exact) mass is 539 g/mol. The third kappa shape index (κ3) is 7.12. The Morgan fingerprint density at radius 2 is 1.82 bits per heavy atom. The van der Waals surface area contributed by atoms with E-state index in [1.54, 1.807) is 9.91 Å². The van der Waals surface area contributed by atoms with Crippen LogP contribution in [0.1, 0.15) is 48.6 Å². The number of rotatable bonds is 8. The number of urea groups is 1. The topological polar surface area (TPSA) is 77.5 Å². The van der Waals surface area contributed by atoms with Crippen molar-refractivity contribution in [2.24, 2.45) is 5.10 Å². The van der Waals surface area contributed by atoms with Gasteiger partial charge < -0.3 is 15.0 Å². The fraction of sp³-hybridized carbons (Fsp3) is 0.483. The Hall–Kier alpha value is -2.94. The van der Waals surface area contributed by atoms with Gasteiger partial charge in [0.05, 0.1) is 25.0 Å². The van der Waals surface area contributed by atoms with E-state index in [4.69, 9.17) is 21.4 Å². The standard InChI is InChI=1S/C29H38ClN5O3/c1-20(2)31-29(37)34(12-11-33-13-15-38-16-14-33)19-28(36)35-27(23-7-9-25(30)10-8-23)18-26(32-35)24-6-5-21(3)22(4)17-24/h5-10,17,20,27H,11-16,18-19H2,1-4H3,(H,31,37). The first kappa shape index (κ1) is 28.1. The summed E-state index contributed by atoms with van der Waals surface area (Å²) >= 11 is 6.15. The molecule has 1 saturated heterocycles. The first-order valence-corrected chi connectivity index (χ1v) is 13.7. The maximum Gasteiger partial charge on any atom is 0.318 e. The largest absolute Gasteiger partial charge is 0.379 e. The molecule has 1 fully saturated rings. The zero-order valence-corrected chi connectivity index (χ0v) is 23.5. The van der Waals surface area contributed by atoms with E-state index < -0.39 is 0 Å². The number of benzene rings is 2. The fourth-order valence-corrected chi connectivity index (χ4v) is 4.82. The second kappa shape index (κ2) is 12.7. The highest BCUT2D eigenvalue weighted by atomic mass is 35.5. The van der Waals surface area contributed by atoms with Crippen LogP contribution < -0.4 is 5.32 Å². The van der Waals surface area contributed by atoms with Gasteiger partial charge in [0.25, 0.3) is 5.91 Å². The molecule has 2 aromatic rings. The van der Waals surface area contributed by atoms with Gasteiger partial charge in [0.1, 0.15) is 6.54 Å². The van der Waals surface area contributed by atoms with Crippen LogP contribution in [0.25, 0.3) is 0 Å². The molecular weight excluding hydrogens is 502 g/mol. The summed E-state index contributed by atoms with van der Waals surface area (Å²) in [5.74, 6) is -0.218. The second-order valence-electron chi connectivity index (χ2n) is 10.3. The Morgan fingerprint density at radius 1 is 1.11 bits per heavy atom. The molecule has 204 valence electrons. The van der Waals surface area contributed by atoms with Gasteiger partial charge in [-0.25, -0.2) is 9.80 Å². The van der Waals surface area contributed by atoms with Gasteiger partial charge in [-0.05, 0) is 68.1 Å². The number of nitrogens with zero attached hydrogens (tertiary/aromatic N) is 4. The number of carbonyl (C=O) groups is 2. The average molecular weight is 540 g/mol. The van der Waals surface area contributed by atoms with Crippen LogP contribution in [-0.4, -0.2) is 84.4 Å². The number of aryl methyl sites for hydroxylation is 2. The van der Waals surface area contributed by atoms with Crippen LogP contribution in [0, 0.1) is 13.8 Å². The number of amides is 3. The predicted octanol–water partition coefficient (Wildman–Crippen LogP) is 4.39. The summed E-state index contributed by atoms with van der Waals surface area (Å²) in [6.07, 6.45) is 0.585. The molecule has 1 unspecified atom stereocenters. The number of hydrogen-bond acceptors (Lipinski definition) is 5. The Kier molecular flexibility index (Phi) is 9.41. The third-order valence-corrected chi connectivity index (χ3v) is 7.33. The van der Waals surface area contributed by atoms with E-state index in [0.717, 1.165) is 29.9 Å². The Labute approximate surface area is 230 Å². The predicted molar refractivity (Wildman–Crippen MR) is 151 cm³/mol. The molecule has 8 nitrogen and oxygen atoms in total. The lowest BCUT2D eigenvalue weighted by atomic mass is 9.96. The number of carbonyl (C=O) groups excluding carboxylic acids is 2. The smallest absolute Gasteiger partial charge is 0.318 e. The normalized spacial score (nSPS) is 18.0. The van der Waals surface area contributed by atoms with Gasteiger partial charge in [-0.15, -0.1) is 0 Å². The number of halogens is 1. The molecule has 0 radical (unpaired) electrons. The van der Waals surface area contributed by atoms with Gasteiger partial charge in [0.2, 0.25) is 0 Å². The van der Waals surface area contributed by atoms with E-state index in [0.29, 0.717) is 37.7 Å². The van der Waals surface area contributed by atoms with Crippen molar-refractivity contribution in [3.05, 3.63) is 69.7 Å². The van der Waals surface area contributed by atoms with E-state index >= 15 is 0 Å². The second-order valence-corrected chi connectivity index (χ2v) is 10.8. The van der Waals surface area contributed by atoms with Gasteiger partial charge in [-0.1, -0.05) is 35.9 Å². The summed E-state index contributed by atoms with van der Waals surface area (Å²) in [6.45, 7) is 12.1. The molecule has 0 aliphatic carbocycles. The molecule has 2 aliphatic heterocycles. The SMILES string of the molecule is Cc1ccc(C2=NN(C(=O)CN(CCN3CCOCC3)C(=O)NC(C)C)C(c3ccc(Cl)cc3)C2)cc1C. The van der Waals surface area contributed by atoms with Crippen molar-refractivity contribution in [2.75, 3.05) is 45.9 Å². The lowest BCUT2D eigenvalue weighted by Crippen LogP contribution is -2.50. The molecule has 2 heterocycles. The van der Waals surface area contributed by atoms with E-state index in [1.807, 2.05) is 38.1 Å². The first-order chi connectivity index (χ1) is 18.2. The first-order valence-electron chi connectivity index (χ1n) is 13.3. The van der Waals surface area contributed by atoms with Gasteiger partial charge in [0.15, 0.2) is 0 Å². The molecule has 4 rings (SSSR count). The molecule has 0 spiro atoms. The molecule has 2 aromatic carbocycles. The van der Waals surface area contributed by atoms with Gasteiger partial charge >= 0.3 is 6.03 Å². The zero-order valence-electron chi connectivity index (χ0n) is 22.7. The summed E-state index contributed by atoms with van der Waals surface area (Å²) in [5, 5.41) is 9.95. The highest BCUT2D eigenvalue weighted by Gasteiger charge is 2.34. The minimum absolute atomic E-state index is 0.0357. The summed E-state index contributed by atoms with van der Waals surface area (Å²) in [6, 6.07) is 13.2. The van der Waals surface area contributed by atoms with E-state index in [-0.39, 0.29) is 30.6 Å². The van der Waals surface area contributed by atoms with E-state index in [2.05, 4.69) is 42.3 Å². The molecule has 0 saturated carbocycles. The van der Waals surface area contributed by atoms with Crippen LogP contribution in [0.15, 0.2) is 47.6 Å². The molecular formula is C29H38ClN5O3. The summed E-state index contributed by atoms with van der Waals surface area (Å²) in [4.78, 5) is 30.7. The number of nitrogens with one attached hydrogen (secondary N) is 1. The molecule has 0 aromatic heterocycles. The van der Waals surface area contributed by atoms with Crippen LogP contribution in [0.3, 0.4) is 0 Å². The fourth-order valence-electron chi connectivity index (χ4n) is 4.69. The van der Waals surface area contributed by atoms with Gasteiger partial charge in [-0.2, -0.15) is 5.10 Å². The molecule has 9 heteroatoms. The minimum Gasteiger partial charge on any atom is -0.379 e. The number of ether oxygens (including phenoxy) is 1. The lowest BCUT2D eigenvalue weighted by molar-refractivity contribution is -0.133. The lowest BCUT2D eigenvalue weighted by Gasteiger charge is -2.31. The van der Waals surface area contributed by atoms with Crippen molar-refractivity contribution in [2.45, 2.75) is 46.2 Å². The maximum atomic E-state index is 13.8. The Morgan fingerprint density at radius 3 is 2.47 bits per heavy atom. The van der Waals surface area contributed by atoms with Crippen LogP contribution in [-0.2, 0) is 9.53 Å². The molecule has 2 aliphatic rings. The highest BCUT2D eigenvalue weighted by molar-refractivity contribution is 6.30. The summed E-state index contributed by atoms with van der Waals surface area (Å²) < 4.78 is 5.44. The molecule has 38 heavy (non-hydrogen) atoms. The molecule has 3 amide bonds. The van der Waals surface area contributed by atoms with Crippen LogP contribution in [0.5, 0.6) is 0 Å². The van der Waals surface area contributed by atoms with Crippen LogP contribution in [0.4, 0.5) is 4.79 Å². The van der Waals surface area contributed by atoms with Crippen molar-refractivity contribution >= 4 is 29.3 Å². The molecule has 1 atom stereocenters. The van der Waals surface area contributed by atoms with Crippen molar-refractivity contribution in [1.29, 1.82) is 0 Å². The average Bonchev–Trinajstić information content (AvgIpc) is 3.34. The Bertz CT molecular complexity index is 1160. The summed E-state index contributed by atoms with van der Waals surface area (Å²) in [7, 11) is 0. The zero-order chi connectivity index (χ0) is 27.2. The van der Waals surface area contributed by atoms with Crippen molar-refractivity contribution in [3.63, 3.8) is 0 Å². The van der Waals surface area contributed by atoms with Crippen LogP contribution >= 0.6 is 11.6 Å². The van der Waals surface area contributed by atoms with Crippen molar-refractivity contribution in [1.82, 2.24) is 20.1 Å². The summed E-state index contributed by atoms with van der Waals surface area (Å²) in [5.41, 5.74) is 5.20. The molecule has 1 N–H and O–H groups in total. The maximum absolute atomic E-state index is 13.8. The number of hydrogen-bond donors (Lipinski definition) is 1. The molecule has 0 bridgehead atoms. The van der Waals surface area contributed by atoms with Crippen LogP contribution in [0.2, 0.25) is 5.02 Å². The van der Waals surface area contributed by atoms with E-state index in [9.17, 15) is 9.59 Å². The van der Waals surface area contributed by atoms with E-state index in [1.165, 1.54) is 11.1 Å². The van der Waals surface area contributed by atoms with Crippen molar-refractivity contribution < 1.29 is 14.3 Å². The third-order valence-electron chi connectivity index (χ3n) is 7.08. The minimum atomic E-state index is -0.273. The number of morpholine rings is 1. The van der Waals surface area contributed by atoms with Gasteiger partial charge in [0, 0.05) is 43.7 Å². The quantitative estimate of drug-likeness (QED) is 0.540. The van der Waals surface area contributed by atoms with Gasteiger partial charge in [-0.3, -0.25) is 9.69 Å². The highest BCUT2D eigenvalue weighted by Crippen LogP contribution is 2.34. The Balaban J connectivity index is 1.57.